The highest BCUT2D eigenvalue weighted by Gasteiger charge is 2.41. The third-order valence-electron chi connectivity index (χ3n) is 7.38. The molecule has 1 saturated heterocycles. The fourth-order valence-corrected chi connectivity index (χ4v) is 4.71. The molecule has 1 aliphatic rings. The Balaban J connectivity index is 1.77. The zero-order chi connectivity index (χ0) is 32.3. The first kappa shape index (κ1) is 33.5. The molecular formula is C28H37F3N6O6. The molecule has 2 aromatic heterocycles. The molecule has 236 valence electrons. The molecule has 15 heteroatoms. The molecule has 1 aliphatic heterocycles. The largest absolute Gasteiger partial charge is 0.453 e. The lowest BCUT2D eigenvalue weighted by Crippen LogP contribution is -2.57. The lowest BCUT2D eigenvalue weighted by Gasteiger charge is -2.31. The summed E-state index contributed by atoms with van der Waals surface area (Å²) in [5.41, 5.74) is -1.84. The lowest BCUT2D eigenvalue weighted by atomic mass is 9.88. The molecule has 0 radical (unpaired) electrons. The molecule has 3 heterocycles. The molecule has 3 amide bonds. The van der Waals surface area contributed by atoms with Gasteiger partial charge >= 0.3 is 12.3 Å². The fourth-order valence-electron chi connectivity index (χ4n) is 4.71. The van der Waals surface area contributed by atoms with Crippen molar-refractivity contribution in [1.29, 1.82) is 0 Å². The van der Waals surface area contributed by atoms with E-state index in [0.717, 1.165) is 6.07 Å². The van der Waals surface area contributed by atoms with Gasteiger partial charge in [-0.05, 0) is 50.7 Å². The summed E-state index contributed by atoms with van der Waals surface area (Å²) in [7, 11) is 1.19. The maximum atomic E-state index is 13.4. The number of halogens is 3. The number of hydrogen-bond acceptors (Lipinski definition) is 9. The van der Waals surface area contributed by atoms with E-state index in [9.17, 15) is 32.3 Å². The van der Waals surface area contributed by atoms with Gasteiger partial charge in [-0.15, -0.1) is 10.2 Å². The van der Waals surface area contributed by atoms with Crippen LogP contribution in [0.1, 0.15) is 82.2 Å². The Hall–Kier alpha value is -4.04. The van der Waals surface area contributed by atoms with Crippen molar-refractivity contribution in [2.75, 3.05) is 13.7 Å². The number of amides is 3. The van der Waals surface area contributed by atoms with Gasteiger partial charge in [0.15, 0.2) is 0 Å². The molecule has 3 rings (SSSR count). The second kappa shape index (κ2) is 13.1. The molecule has 0 aliphatic carbocycles. The molecule has 1 fully saturated rings. The summed E-state index contributed by atoms with van der Waals surface area (Å²) in [5, 5.41) is 13.0. The lowest BCUT2D eigenvalue weighted by molar-refractivity contribution is -0.141. The minimum atomic E-state index is -4.55. The number of aromatic nitrogens is 3. The zero-order valence-corrected chi connectivity index (χ0v) is 25.1. The van der Waals surface area contributed by atoms with Crippen molar-refractivity contribution >= 4 is 23.7 Å². The summed E-state index contributed by atoms with van der Waals surface area (Å²) in [6, 6.07) is -0.777. The highest BCUT2D eigenvalue weighted by atomic mass is 19.4. The van der Waals surface area contributed by atoms with Crippen LogP contribution in [0.4, 0.5) is 18.0 Å². The summed E-state index contributed by atoms with van der Waals surface area (Å²) in [6.45, 7) is 10.4. The number of carbonyl (C=O) groups is 4. The molecule has 2 N–H and O–H groups in total. The van der Waals surface area contributed by atoms with Crippen molar-refractivity contribution in [3.63, 3.8) is 0 Å². The molecule has 0 bridgehead atoms. The van der Waals surface area contributed by atoms with Crippen molar-refractivity contribution in [3.8, 4) is 0 Å². The van der Waals surface area contributed by atoms with Crippen molar-refractivity contribution in [2.24, 2.45) is 11.8 Å². The minimum Gasteiger partial charge on any atom is -0.453 e. The molecule has 2 aromatic rings. The summed E-state index contributed by atoms with van der Waals surface area (Å²) >= 11 is 0. The molecule has 3 atom stereocenters. The van der Waals surface area contributed by atoms with E-state index in [0.29, 0.717) is 25.6 Å². The summed E-state index contributed by atoms with van der Waals surface area (Å²) in [6.07, 6.45) is -3.70. The Bertz CT molecular complexity index is 1320. The first-order chi connectivity index (χ1) is 20.0. The zero-order valence-electron chi connectivity index (χ0n) is 25.1. The van der Waals surface area contributed by atoms with Crippen LogP contribution in [0.3, 0.4) is 0 Å². The molecule has 12 nitrogen and oxygen atoms in total. The van der Waals surface area contributed by atoms with Gasteiger partial charge in [-0.25, -0.2) is 4.79 Å². The van der Waals surface area contributed by atoms with Gasteiger partial charge in [0.2, 0.25) is 23.5 Å². The number of carbonyl (C=O) groups excluding carboxylic acids is 4. The van der Waals surface area contributed by atoms with Crippen molar-refractivity contribution < 1.29 is 41.5 Å². The van der Waals surface area contributed by atoms with Gasteiger partial charge in [-0.1, -0.05) is 27.7 Å². The van der Waals surface area contributed by atoms with E-state index >= 15 is 0 Å². The van der Waals surface area contributed by atoms with Gasteiger partial charge in [0.1, 0.15) is 12.1 Å². The van der Waals surface area contributed by atoms with Crippen molar-refractivity contribution in [2.45, 2.75) is 84.1 Å². The number of nitrogens with one attached hydrogen (secondary N) is 2. The van der Waals surface area contributed by atoms with E-state index in [1.807, 2.05) is 0 Å². The third kappa shape index (κ3) is 7.49. The van der Waals surface area contributed by atoms with Gasteiger partial charge < -0.3 is 24.7 Å². The van der Waals surface area contributed by atoms with E-state index in [4.69, 9.17) is 4.42 Å². The number of ether oxygens (including phenoxy) is 1. The monoisotopic (exact) mass is 610 g/mol. The van der Waals surface area contributed by atoms with Crippen LogP contribution in [0, 0.1) is 11.8 Å². The number of alkyl carbamates (subject to hydrolysis) is 1. The maximum absolute atomic E-state index is 13.4. The summed E-state index contributed by atoms with van der Waals surface area (Å²) in [4.78, 5) is 57.3. The molecule has 1 unspecified atom stereocenters. The summed E-state index contributed by atoms with van der Waals surface area (Å²) < 4.78 is 49.2. The van der Waals surface area contributed by atoms with E-state index in [2.05, 4.69) is 30.6 Å². The van der Waals surface area contributed by atoms with Crippen LogP contribution in [0.15, 0.2) is 22.7 Å². The quantitative estimate of drug-likeness (QED) is 0.384. The van der Waals surface area contributed by atoms with Crippen LogP contribution in [0.25, 0.3) is 0 Å². The van der Waals surface area contributed by atoms with Crippen LogP contribution >= 0.6 is 0 Å². The Morgan fingerprint density at radius 1 is 1.02 bits per heavy atom. The number of nitrogens with zero attached hydrogens (tertiary/aromatic N) is 4. The second-order valence-electron chi connectivity index (χ2n) is 11.6. The molecule has 43 heavy (non-hydrogen) atoms. The third-order valence-corrected chi connectivity index (χ3v) is 7.38. The Morgan fingerprint density at radius 3 is 2.21 bits per heavy atom. The molecule has 0 aromatic carbocycles. The number of ketones is 1. The normalized spacial score (nSPS) is 17.1. The van der Waals surface area contributed by atoms with Crippen LogP contribution in [0.2, 0.25) is 0 Å². The topological polar surface area (TPSA) is 157 Å². The highest BCUT2D eigenvalue weighted by molar-refractivity contribution is 6.00. The Morgan fingerprint density at radius 2 is 1.67 bits per heavy atom. The SMILES string of the molecule is COC(=O)N[C@H](C(=O)N1CCC[C@H]1C(=O)NC(C(=O)c1nnc(C(C)(C)c2ccc(C(F)(F)F)cn2)o1)C(C)C)C(C)C. The molecule has 0 spiro atoms. The predicted molar refractivity (Wildman–Crippen MR) is 146 cm³/mol. The van der Waals surface area contributed by atoms with E-state index in [1.54, 1.807) is 41.5 Å². The average molecular weight is 611 g/mol. The van der Waals surface area contributed by atoms with E-state index < -0.39 is 70.8 Å². The van der Waals surface area contributed by atoms with Crippen LogP contribution < -0.4 is 10.6 Å². The minimum absolute atomic E-state index is 0.0534. The number of methoxy groups -OCH3 is 1. The number of pyridine rings is 1. The Labute approximate surface area is 247 Å². The van der Waals surface area contributed by atoms with E-state index in [-0.39, 0.29) is 17.5 Å². The predicted octanol–water partition coefficient (Wildman–Crippen LogP) is 3.50. The van der Waals surface area contributed by atoms with Crippen molar-refractivity contribution in [3.05, 3.63) is 41.4 Å². The van der Waals surface area contributed by atoms with Gasteiger partial charge in [-0.2, -0.15) is 13.2 Å². The Kier molecular flexibility index (Phi) is 10.2. The molecule has 0 saturated carbocycles. The van der Waals surface area contributed by atoms with Crippen LogP contribution in [-0.2, 0) is 25.9 Å². The summed E-state index contributed by atoms with van der Waals surface area (Å²) in [5.74, 6) is -2.79. The number of Topliss-reactive ketones (excluding diaryl/α,β-unsaturated/α-hetero) is 1. The molecular weight excluding hydrogens is 573 g/mol. The average Bonchev–Trinajstić information content (AvgIpc) is 3.64. The van der Waals surface area contributed by atoms with Crippen molar-refractivity contribution in [1.82, 2.24) is 30.7 Å². The number of rotatable bonds is 10. The van der Waals surface area contributed by atoms with Gasteiger partial charge in [0.05, 0.1) is 29.8 Å². The maximum Gasteiger partial charge on any atom is 0.417 e. The first-order valence-electron chi connectivity index (χ1n) is 13.9. The fraction of sp³-hybridized carbons (Fsp3) is 0.607. The number of hydrogen-bond donors (Lipinski definition) is 2. The van der Waals surface area contributed by atoms with Gasteiger partial charge in [0.25, 0.3) is 5.89 Å². The van der Waals surface area contributed by atoms with E-state index in [1.165, 1.54) is 18.1 Å². The number of likely N-dealkylation sites (tertiary alicyclic amines) is 1. The van der Waals surface area contributed by atoms with Gasteiger partial charge in [-0.3, -0.25) is 19.4 Å². The smallest absolute Gasteiger partial charge is 0.417 e. The van der Waals surface area contributed by atoms with Crippen LogP contribution in [0.5, 0.6) is 0 Å². The second-order valence-corrected chi connectivity index (χ2v) is 11.6. The number of alkyl halides is 3. The standard InChI is InChI=1S/C28H37F3N6O6/c1-14(2)19(33-22(39)17-9-8-12-37(17)24(40)20(15(3)4)34-26(41)42-7)21(38)23-35-36-25(43-23)27(5,6)18-11-10-16(13-32-18)28(29,30)31/h10-11,13-15,17,19-20H,8-9,12H2,1-7H3,(H,33,39)(H,34,41)/t17-,19?,20-/m0/s1. The highest BCUT2D eigenvalue weighted by Crippen LogP contribution is 2.33. The van der Waals surface area contributed by atoms with Gasteiger partial charge in [0, 0.05) is 12.7 Å². The van der Waals surface area contributed by atoms with Crippen LogP contribution in [-0.4, -0.2) is 75.6 Å². The first-order valence-corrected chi connectivity index (χ1v) is 13.9.